The van der Waals surface area contributed by atoms with Crippen LogP contribution in [0.25, 0.3) is 0 Å². The second kappa shape index (κ2) is 9.12. The lowest BCUT2D eigenvalue weighted by molar-refractivity contribution is 0.0416. The standard InChI is InChI=1S/C18H39N3/c1-15(2)13-20-11-12-21(18(14-20)16(3)4)10-8-9-19(7)17(5)6/h15-18H,8-14H2,1-7H3. The molecule has 0 aromatic carbocycles. The van der Waals surface area contributed by atoms with Crippen LogP contribution in [0.5, 0.6) is 0 Å². The van der Waals surface area contributed by atoms with E-state index in [2.05, 4.69) is 63.3 Å². The van der Waals surface area contributed by atoms with Crippen molar-refractivity contribution in [3.05, 3.63) is 0 Å². The zero-order chi connectivity index (χ0) is 16.0. The quantitative estimate of drug-likeness (QED) is 0.682. The van der Waals surface area contributed by atoms with Crippen LogP contribution in [0.15, 0.2) is 0 Å². The maximum Gasteiger partial charge on any atom is 0.0246 e. The number of hydrogen-bond acceptors (Lipinski definition) is 3. The van der Waals surface area contributed by atoms with Gasteiger partial charge in [-0.15, -0.1) is 0 Å². The average Bonchev–Trinajstić information content (AvgIpc) is 2.38. The topological polar surface area (TPSA) is 9.72 Å². The van der Waals surface area contributed by atoms with E-state index in [9.17, 15) is 0 Å². The molecule has 1 rings (SSSR count). The summed E-state index contributed by atoms with van der Waals surface area (Å²) >= 11 is 0. The van der Waals surface area contributed by atoms with Gasteiger partial charge in [-0.3, -0.25) is 4.90 Å². The molecule has 0 saturated carbocycles. The van der Waals surface area contributed by atoms with Crippen LogP contribution in [0.4, 0.5) is 0 Å². The van der Waals surface area contributed by atoms with Crippen LogP contribution in [-0.2, 0) is 0 Å². The molecular weight excluding hydrogens is 258 g/mol. The van der Waals surface area contributed by atoms with E-state index in [4.69, 9.17) is 0 Å². The maximum atomic E-state index is 2.75. The van der Waals surface area contributed by atoms with Crippen molar-refractivity contribution in [2.45, 2.75) is 60.0 Å². The summed E-state index contributed by atoms with van der Waals surface area (Å²) in [5.74, 6) is 1.53. The van der Waals surface area contributed by atoms with Gasteiger partial charge in [-0.05, 0) is 52.2 Å². The van der Waals surface area contributed by atoms with E-state index in [0.717, 1.165) is 17.9 Å². The Labute approximate surface area is 133 Å². The molecular formula is C18H39N3. The zero-order valence-corrected chi connectivity index (χ0v) is 15.6. The molecule has 3 heteroatoms. The molecule has 1 aliphatic rings. The highest BCUT2D eigenvalue weighted by Gasteiger charge is 2.28. The average molecular weight is 298 g/mol. The van der Waals surface area contributed by atoms with Crippen LogP contribution in [0, 0.1) is 11.8 Å². The normalized spacial score (nSPS) is 22.1. The molecule has 0 aliphatic carbocycles. The molecule has 21 heavy (non-hydrogen) atoms. The van der Waals surface area contributed by atoms with Crippen molar-refractivity contribution < 1.29 is 0 Å². The predicted octanol–water partition coefficient (Wildman–Crippen LogP) is 3.01. The first-order valence-corrected chi connectivity index (χ1v) is 8.97. The molecule has 0 aromatic heterocycles. The Kier molecular flexibility index (Phi) is 8.22. The van der Waals surface area contributed by atoms with Gasteiger partial charge in [0.2, 0.25) is 0 Å². The van der Waals surface area contributed by atoms with E-state index >= 15 is 0 Å². The highest BCUT2D eigenvalue weighted by Crippen LogP contribution is 2.18. The van der Waals surface area contributed by atoms with Crippen LogP contribution < -0.4 is 0 Å². The van der Waals surface area contributed by atoms with Gasteiger partial charge in [0.05, 0.1) is 0 Å². The third-order valence-electron chi connectivity index (χ3n) is 4.85. The van der Waals surface area contributed by atoms with Gasteiger partial charge in [0, 0.05) is 38.3 Å². The summed E-state index contributed by atoms with van der Waals surface area (Å²) in [5.41, 5.74) is 0. The minimum Gasteiger partial charge on any atom is -0.304 e. The van der Waals surface area contributed by atoms with Crippen molar-refractivity contribution in [3.63, 3.8) is 0 Å². The Balaban J connectivity index is 2.43. The van der Waals surface area contributed by atoms with E-state index in [0.29, 0.717) is 6.04 Å². The highest BCUT2D eigenvalue weighted by molar-refractivity contribution is 4.84. The molecule has 1 saturated heterocycles. The van der Waals surface area contributed by atoms with Gasteiger partial charge in [0.15, 0.2) is 0 Å². The van der Waals surface area contributed by atoms with Crippen molar-refractivity contribution in [3.8, 4) is 0 Å². The highest BCUT2D eigenvalue weighted by atomic mass is 15.3. The summed E-state index contributed by atoms with van der Waals surface area (Å²) in [4.78, 5) is 7.88. The largest absolute Gasteiger partial charge is 0.304 e. The molecule has 1 fully saturated rings. The summed E-state index contributed by atoms with van der Waals surface area (Å²) in [6.45, 7) is 21.5. The summed E-state index contributed by atoms with van der Waals surface area (Å²) in [6.07, 6.45) is 1.29. The van der Waals surface area contributed by atoms with Crippen LogP contribution in [0.2, 0.25) is 0 Å². The molecule has 126 valence electrons. The van der Waals surface area contributed by atoms with Crippen LogP contribution in [0.1, 0.15) is 48.0 Å². The molecule has 0 amide bonds. The van der Waals surface area contributed by atoms with Crippen molar-refractivity contribution >= 4 is 0 Å². The van der Waals surface area contributed by atoms with Gasteiger partial charge in [0.25, 0.3) is 0 Å². The first-order chi connectivity index (χ1) is 9.81. The van der Waals surface area contributed by atoms with E-state index in [1.165, 1.54) is 45.7 Å². The van der Waals surface area contributed by atoms with Gasteiger partial charge in [-0.1, -0.05) is 27.7 Å². The second-order valence-electron chi connectivity index (χ2n) is 7.93. The summed E-state index contributed by atoms with van der Waals surface area (Å²) in [6, 6.07) is 1.40. The molecule has 0 bridgehead atoms. The van der Waals surface area contributed by atoms with E-state index in [1.807, 2.05) is 0 Å². The fourth-order valence-electron chi connectivity index (χ4n) is 3.28. The number of nitrogens with zero attached hydrogens (tertiary/aromatic N) is 3. The minimum atomic E-state index is 0.661. The van der Waals surface area contributed by atoms with Crippen molar-refractivity contribution in [2.24, 2.45) is 11.8 Å². The van der Waals surface area contributed by atoms with E-state index in [-0.39, 0.29) is 0 Å². The summed E-state index contributed by atoms with van der Waals surface area (Å²) in [7, 11) is 2.24. The molecule has 1 aliphatic heterocycles. The lowest BCUT2D eigenvalue weighted by Gasteiger charge is -2.44. The molecule has 1 unspecified atom stereocenters. The van der Waals surface area contributed by atoms with Crippen molar-refractivity contribution in [1.82, 2.24) is 14.7 Å². The summed E-state index contributed by atoms with van der Waals surface area (Å²) < 4.78 is 0. The summed E-state index contributed by atoms with van der Waals surface area (Å²) in [5, 5.41) is 0. The third kappa shape index (κ3) is 6.66. The Morgan fingerprint density at radius 1 is 1.05 bits per heavy atom. The number of hydrogen-bond donors (Lipinski definition) is 0. The van der Waals surface area contributed by atoms with Crippen molar-refractivity contribution in [2.75, 3.05) is 46.3 Å². The monoisotopic (exact) mass is 297 g/mol. The molecule has 0 aromatic rings. The molecule has 3 nitrogen and oxygen atoms in total. The van der Waals surface area contributed by atoms with Crippen LogP contribution >= 0.6 is 0 Å². The van der Waals surface area contributed by atoms with E-state index in [1.54, 1.807) is 0 Å². The second-order valence-corrected chi connectivity index (χ2v) is 7.93. The molecule has 0 spiro atoms. The zero-order valence-electron chi connectivity index (χ0n) is 15.6. The molecule has 0 N–H and O–H groups in total. The minimum absolute atomic E-state index is 0.661. The Bertz CT molecular complexity index is 276. The Morgan fingerprint density at radius 3 is 2.24 bits per heavy atom. The molecule has 0 radical (unpaired) electrons. The van der Waals surface area contributed by atoms with Gasteiger partial charge < -0.3 is 9.80 Å². The van der Waals surface area contributed by atoms with Gasteiger partial charge in [0.1, 0.15) is 0 Å². The Morgan fingerprint density at radius 2 is 1.71 bits per heavy atom. The third-order valence-corrected chi connectivity index (χ3v) is 4.85. The number of piperazine rings is 1. The predicted molar refractivity (Wildman–Crippen MR) is 93.9 cm³/mol. The fourth-order valence-corrected chi connectivity index (χ4v) is 3.28. The van der Waals surface area contributed by atoms with E-state index < -0.39 is 0 Å². The SMILES string of the molecule is CC(C)CN1CCN(CCCN(C)C(C)C)C(C(C)C)C1. The van der Waals surface area contributed by atoms with Crippen molar-refractivity contribution in [1.29, 1.82) is 0 Å². The van der Waals surface area contributed by atoms with Crippen LogP contribution in [-0.4, -0.2) is 73.1 Å². The fraction of sp³-hybridized carbons (Fsp3) is 1.00. The first-order valence-electron chi connectivity index (χ1n) is 8.97. The van der Waals surface area contributed by atoms with Gasteiger partial charge in [-0.25, -0.2) is 0 Å². The molecule has 1 atom stereocenters. The van der Waals surface area contributed by atoms with Crippen LogP contribution in [0.3, 0.4) is 0 Å². The first kappa shape index (κ1) is 18.9. The van der Waals surface area contributed by atoms with Gasteiger partial charge >= 0.3 is 0 Å². The smallest absolute Gasteiger partial charge is 0.0246 e. The lowest BCUT2D eigenvalue weighted by atomic mass is 9.98. The lowest BCUT2D eigenvalue weighted by Crippen LogP contribution is -2.56. The Hall–Kier alpha value is -0.120. The number of rotatable bonds is 8. The van der Waals surface area contributed by atoms with Gasteiger partial charge in [-0.2, -0.15) is 0 Å². The molecule has 1 heterocycles. The maximum absolute atomic E-state index is 2.75.